The van der Waals surface area contributed by atoms with Crippen LogP contribution in [0.25, 0.3) is 0 Å². The van der Waals surface area contributed by atoms with E-state index < -0.39 is 97.3 Å². The van der Waals surface area contributed by atoms with Crippen LogP contribution in [0.15, 0.2) is 30.1 Å². The number of alkyl halides is 1. The predicted octanol–water partition coefficient (Wildman–Crippen LogP) is 0.235. The first-order valence-electron chi connectivity index (χ1n) is 19.3. The van der Waals surface area contributed by atoms with Gasteiger partial charge in [0.25, 0.3) is 11.8 Å². The Balaban J connectivity index is 0.00000381. The van der Waals surface area contributed by atoms with Crippen molar-refractivity contribution < 1.29 is 83.0 Å². The Hall–Kier alpha value is -7.25. The standard InChI is InChI=1S/C32H48FN9O12.C5H8O4/c33-11-5-6-20(34)17-42(36)21-15-18(26(45)37-12-3-1-7-22(28(47)48)39-31(35)53)14-19(16-21)27(46)38-13-4-2-8-23(29(49)50)40-32(54)41-24(30(51)52)9-10-25(43)44;6-4(7)2-1-3-5(8)9/h14-17,22-24H,1-13,34,36H2,(H,37,45)(H,38,46)(H,43,44)(H,47,48)(H,49,50)(H,51,52)(H3,35,39,53)(H2,40,41,54);1-3H2,(H,6,7)(H,8,9)/b20-17-;/t22-,23?,24?;/m0./s1. The summed E-state index contributed by atoms with van der Waals surface area (Å²) in [6, 6.07) is -2.27. The highest BCUT2D eigenvalue weighted by atomic mass is 19.1. The minimum absolute atomic E-state index is 0.00305. The van der Waals surface area contributed by atoms with Gasteiger partial charge in [0.05, 0.1) is 12.4 Å². The second-order valence-corrected chi connectivity index (χ2v) is 13.5. The third-order valence-corrected chi connectivity index (χ3v) is 8.30. The average Bonchev–Trinajstić information content (AvgIpc) is 3.19. The molecule has 1 aromatic carbocycles. The SMILES string of the molecule is NC(=O)N[C@@H](CCCCNC(=O)c1cc(C(=O)NCCCCC(NC(=O)NC(CCC(=O)O)C(=O)O)C(=O)O)cc(N(N)/C=C(\N)CCCF)c1)C(=O)O.O=C(O)CCCC(=O)O. The molecule has 0 radical (unpaired) electrons. The van der Waals surface area contributed by atoms with E-state index in [1.807, 2.05) is 5.32 Å². The quantitative estimate of drug-likeness (QED) is 0.0279. The molecule has 0 spiro atoms. The van der Waals surface area contributed by atoms with Crippen LogP contribution in [-0.4, -0.2) is 128 Å². The fourth-order valence-corrected chi connectivity index (χ4v) is 5.13. The highest BCUT2D eigenvalue weighted by Gasteiger charge is 2.25. The Bertz CT molecular complexity index is 1770. The third kappa shape index (κ3) is 26.5. The number of anilines is 1. The zero-order valence-electron chi connectivity index (χ0n) is 34.2. The largest absolute Gasteiger partial charge is 0.481 e. The van der Waals surface area contributed by atoms with E-state index in [0.29, 0.717) is 12.8 Å². The molecule has 0 heterocycles. The molecular weight excluding hydrogens is 845 g/mol. The maximum absolute atomic E-state index is 13.1. The molecule has 1 rings (SSSR count). The van der Waals surface area contributed by atoms with Crippen LogP contribution in [0.4, 0.5) is 19.7 Å². The number of unbranched alkanes of at least 4 members (excludes halogenated alkanes) is 2. The van der Waals surface area contributed by atoms with E-state index in [9.17, 15) is 67.7 Å². The lowest BCUT2D eigenvalue weighted by Crippen LogP contribution is -2.51. The smallest absolute Gasteiger partial charge is 0.326 e. The van der Waals surface area contributed by atoms with Crippen molar-refractivity contribution in [3.63, 3.8) is 0 Å². The molecule has 17 N–H and O–H groups in total. The van der Waals surface area contributed by atoms with Crippen LogP contribution in [0.3, 0.4) is 0 Å². The number of hydrazine groups is 1. The summed E-state index contributed by atoms with van der Waals surface area (Å²) in [6.07, 6.45) is 1.76. The molecule has 0 aromatic heterocycles. The van der Waals surface area contributed by atoms with Gasteiger partial charge in [-0.1, -0.05) is 0 Å². The van der Waals surface area contributed by atoms with Crippen molar-refractivity contribution in [1.82, 2.24) is 26.6 Å². The Kier molecular flexibility index (Phi) is 27.2. The minimum atomic E-state index is -1.56. The number of nitrogens with two attached hydrogens (primary N) is 3. The van der Waals surface area contributed by atoms with Gasteiger partial charge in [0.15, 0.2) is 0 Å². The Morgan fingerprint density at radius 2 is 1.00 bits per heavy atom. The van der Waals surface area contributed by atoms with Crippen LogP contribution < -0.4 is 48.9 Å². The molecular formula is C37H56FN9O16. The molecule has 0 aliphatic carbocycles. The van der Waals surface area contributed by atoms with Crippen molar-refractivity contribution in [2.45, 2.75) is 102 Å². The number of amides is 6. The number of benzene rings is 1. The van der Waals surface area contributed by atoms with Gasteiger partial charge in [0.1, 0.15) is 18.1 Å². The van der Waals surface area contributed by atoms with Crippen molar-refractivity contribution in [1.29, 1.82) is 0 Å². The van der Waals surface area contributed by atoms with Gasteiger partial charge in [-0.25, -0.2) is 29.8 Å². The van der Waals surface area contributed by atoms with Crippen LogP contribution in [-0.2, 0) is 28.8 Å². The van der Waals surface area contributed by atoms with E-state index in [-0.39, 0.29) is 93.4 Å². The summed E-state index contributed by atoms with van der Waals surface area (Å²) in [5.74, 6) is -2.47. The van der Waals surface area contributed by atoms with E-state index in [4.69, 9.17) is 32.6 Å². The number of halogens is 1. The molecule has 6 amide bonds. The lowest BCUT2D eigenvalue weighted by molar-refractivity contribution is -0.141. The second kappa shape index (κ2) is 30.7. The molecule has 26 heteroatoms. The zero-order valence-corrected chi connectivity index (χ0v) is 34.2. The summed E-state index contributed by atoms with van der Waals surface area (Å²) >= 11 is 0. The number of carboxylic acids is 6. The third-order valence-electron chi connectivity index (χ3n) is 8.30. The number of hydrogen-bond acceptors (Lipinski definition) is 13. The summed E-state index contributed by atoms with van der Waals surface area (Å²) in [5.41, 5.74) is 11.3. The first-order chi connectivity index (χ1) is 29.6. The fraction of sp³-hybridized carbons (Fsp3) is 0.514. The van der Waals surface area contributed by atoms with E-state index in [1.54, 1.807) is 0 Å². The molecule has 0 fully saturated rings. The zero-order chi connectivity index (χ0) is 48.1. The van der Waals surface area contributed by atoms with E-state index >= 15 is 0 Å². The number of aliphatic carboxylic acids is 6. The normalized spacial score (nSPS) is 12.1. The molecule has 1 aromatic rings. The van der Waals surface area contributed by atoms with Crippen molar-refractivity contribution in [2.75, 3.05) is 24.8 Å². The van der Waals surface area contributed by atoms with Crippen LogP contribution in [0.1, 0.15) is 104 Å². The molecule has 0 bridgehead atoms. The molecule has 2 unspecified atom stereocenters. The average molecular weight is 902 g/mol. The van der Waals surface area contributed by atoms with Crippen molar-refractivity contribution >= 4 is 65.4 Å². The van der Waals surface area contributed by atoms with Gasteiger partial charge in [-0.3, -0.25) is 33.4 Å². The van der Waals surface area contributed by atoms with Gasteiger partial charge in [-0.15, -0.1) is 0 Å². The highest BCUT2D eigenvalue weighted by Crippen LogP contribution is 2.19. The van der Waals surface area contributed by atoms with E-state index in [2.05, 4.69) is 21.3 Å². The minimum Gasteiger partial charge on any atom is -0.481 e. The monoisotopic (exact) mass is 901 g/mol. The number of rotatable bonds is 30. The molecule has 0 aliphatic rings. The number of hydrogen-bond donors (Lipinski definition) is 14. The van der Waals surface area contributed by atoms with Gasteiger partial charge < -0.3 is 68.7 Å². The number of carboxylic acid groups (broad SMARTS) is 6. The summed E-state index contributed by atoms with van der Waals surface area (Å²) in [4.78, 5) is 114. The van der Waals surface area contributed by atoms with E-state index in [1.165, 1.54) is 24.4 Å². The van der Waals surface area contributed by atoms with Gasteiger partial charge in [-0.2, -0.15) is 0 Å². The number of carbonyl (C=O) groups is 10. The number of primary amides is 1. The van der Waals surface area contributed by atoms with Crippen LogP contribution >= 0.6 is 0 Å². The first kappa shape index (κ1) is 55.8. The second-order valence-electron chi connectivity index (χ2n) is 13.5. The molecule has 3 atom stereocenters. The first-order valence-corrected chi connectivity index (χ1v) is 19.3. The summed E-state index contributed by atoms with van der Waals surface area (Å²) < 4.78 is 12.6. The van der Waals surface area contributed by atoms with Crippen LogP contribution in [0.5, 0.6) is 0 Å². The summed E-state index contributed by atoms with van der Waals surface area (Å²) in [6.45, 7) is -0.470. The van der Waals surface area contributed by atoms with Gasteiger partial charge in [0, 0.05) is 55.4 Å². The highest BCUT2D eigenvalue weighted by molar-refractivity contribution is 6.01. The number of allylic oxidation sites excluding steroid dienone is 1. The maximum Gasteiger partial charge on any atom is 0.326 e. The topological polar surface area (TPSA) is 434 Å². The molecule has 0 saturated heterocycles. The molecule has 0 saturated carbocycles. The van der Waals surface area contributed by atoms with Gasteiger partial charge >= 0.3 is 47.9 Å². The van der Waals surface area contributed by atoms with Crippen LogP contribution in [0.2, 0.25) is 0 Å². The molecule has 25 nitrogen and oxygen atoms in total. The van der Waals surface area contributed by atoms with Crippen LogP contribution in [0, 0.1) is 0 Å². The molecule has 352 valence electrons. The number of nitrogens with zero attached hydrogens (tertiary/aromatic N) is 1. The lowest BCUT2D eigenvalue weighted by Gasteiger charge is -2.19. The van der Waals surface area contributed by atoms with Crippen molar-refractivity contribution in [2.24, 2.45) is 17.3 Å². The fourth-order valence-electron chi connectivity index (χ4n) is 5.13. The molecule has 63 heavy (non-hydrogen) atoms. The van der Waals surface area contributed by atoms with Gasteiger partial charge in [-0.05, 0) is 82.4 Å². The Morgan fingerprint density at radius 3 is 1.40 bits per heavy atom. The predicted molar refractivity (Wildman–Crippen MR) is 218 cm³/mol. The maximum atomic E-state index is 13.1. The van der Waals surface area contributed by atoms with Crippen molar-refractivity contribution in [3.05, 3.63) is 41.2 Å². The molecule has 0 aliphatic heterocycles. The van der Waals surface area contributed by atoms with E-state index in [0.717, 1.165) is 5.01 Å². The Morgan fingerprint density at radius 1 is 0.571 bits per heavy atom. The number of carbonyl (C=O) groups excluding carboxylic acids is 4. The van der Waals surface area contributed by atoms with Crippen molar-refractivity contribution in [3.8, 4) is 0 Å². The number of nitrogens with one attached hydrogen (secondary N) is 5. The summed E-state index contributed by atoms with van der Waals surface area (Å²) in [7, 11) is 0. The summed E-state index contributed by atoms with van der Waals surface area (Å²) in [5, 5.41) is 65.3. The van der Waals surface area contributed by atoms with Gasteiger partial charge in [0.2, 0.25) is 0 Å². The Labute approximate surface area is 359 Å². The lowest BCUT2D eigenvalue weighted by atomic mass is 10.1. The number of urea groups is 2.